The van der Waals surface area contributed by atoms with Crippen LogP contribution in [-0.4, -0.2) is 41.5 Å². The number of pyridine rings is 1. The van der Waals surface area contributed by atoms with Gasteiger partial charge in [0.1, 0.15) is 0 Å². The van der Waals surface area contributed by atoms with Gasteiger partial charge in [0.2, 0.25) is 0 Å². The van der Waals surface area contributed by atoms with Gasteiger partial charge in [-0.3, -0.25) is 10.1 Å². The molecule has 0 atom stereocenters. The molecule has 3 aromatic rings. The summed E-state index contributed by atoms with van der Waals surface area (Å²) in [7, 11) is 0. The molecule has 1 fully saturated rings. The molecule has 0 bridgehead atoms. The first-order valence-corrected chi connectivity index (χ1v) is 8.35. The fraction of sp³-hybridized carbons (Fsp3) is 0.250. The van der Waals surface area contributed by atoms with Gasteiger partial charge in [0.05, 0.1) is 35.5 Å². The van der Waals surface area contributed by atoms with Crippen LogP contribution in [0.25, 0.3) is 10.9 Å². The zero-order valence-electron chi connectivity index (χ0n) is 12.5. The molecule has 3 heterocycles. The molecule has 1 saturated heterocycles. The number of benzene rings is 1. The summed E-state index contributed by atoms with van der Waals surface area (Å²) in [4.78, 5) is 7.97. The molecule has 1 aromatic carbocycles. The number of nitrogens with one attached hydrogen (secondary N) is 2. The van der Waals surface area contributed by atoms with Gasteiger partial charge in [-0.05, 0) is 36.2 Å². The third-order valence-corrected chi connectivity index (χ3v) is 4.63. The Morgan fingerprint density at radius 1 is 1.22 bits per heavy atom. The topological polar surface area (TPSA) is 66.1 Å². The Kier molecular flexibility index (Phi) is 4.04. The molecule has 0 spiro atoms. The first kappa shape index (κ1) is 14.3. The minimum Gasteiger partial charge on any atom is -0.378 e. The van der Waals surface area contributed by atoms with Gasteiger partial charge in [-0.1, -0.05) is 0 Å². The van der Waals surface area contributed by atoms with Crippen LogP contribution in [0.3, 0.4) is 0 Å². The Bertz CT molecular complexity index is 786. The van der Waals surface area contributed by atoms with Gasteiger partial charge < -0.3 is 14.4 Å². The van der Waals surface area contributed by atoms with E-state index in [0.717, 1.165) is 47.8 Å². The van der Waals surface area contributed by atoms with Crippen LogP contribution >= 0.6 is 11.9 Å². The van der Waals surface area contributed by atoms with Gasteiger partial charge in [-0.25, -0.2) is 0 Å². The van der Waals surface area contributed by atoms with Crippen LogP contribution < -0.4 is 9.62 Å². The SMILES string of the molecule is c1cnc2c(NSc3cn[nH]c3)ccc(N3CCOCC3)c2c1. The van der Waals surface area contributed by atoms with E-state index in [9.17, 15) is 0 Å². The molecular formula is C16H17N5OS. The van der Waals surface area contributed by atoms with E-state index in [1.807, 2.05) is 18.5 Å². The molecule has 0 amide bonds. The lowest BCUT2D eigenvalue weighted by molar-refractivity contribution is 0.123. The van der Waals surface area contributed by atoms with Gasteiger partial charge in [0.15, 0.2) is 0 Å². The summed E-state index contributed by atoms with van der Waals surface area (Å²) in [5.74, 6) is 0. The maximum absolute atomic E-state index is 5.46. The Balaban J connectivity index is 1.67. The van der Waals surface area contributed by atoms with E-state index in [1.165, 1.54) is 17.6 Å². The second-order valence-corrected chi connectivity index (χ2v) is 6.15. The van der Waals surface area contributed by atoms with Crippen LogP contribution in [0.15, 0.2) is 47.8 Å². The predicted octanol–water partition coefficient (Wildman–Crippen LogP) is 2.91. The molecule has 118 valence electrons. The molecule has 0 saturated carbocycles. The van der Waals surface area contributed by atoms with Crippen LogP contribution in [0, 0.1) is 0 Å². The monoisotopic (exact) mass is 327 g/mol. The van der Waals surface area contributed by atoms with Crippen molar-refractivity contribution < 1.29 is 4.74 Å². The molecular weight excluding hydrogens is 310 g/mol. The lowest BCUT2D eigenvalue weighted by atomic mass is 10.1. The first-order chi connectivity index (χ1) is 11.4. The lowest BCUT2D eigenvalue weighted by Gasteiger charge is -2.30. The summed E-state index contributed by atoms with van der Waals surface area (Å²) in [5.41, 5.74) is 3.20. The van der Waals surface area contributed by atoms with Crippen molar-refractivity contribution in [2.45, 2.75) is 4.90 Å². The van der Waals surface area contributed by atoms with E-state index < -0.39 is 0 Å². The van der Waals surface area contributed by atoms with Crippen molar-refractivity contribution >= 4 is 34.2 Å². The van der Waals surface area contributed by atoms with Crippen molar-refractivity contribution in [1.82, 2.24) is 15.2 Å². The summed E-state index contributed by atoms with van der Waals surface area (Å²) in [6.07, 6.45) is 5.48. The highest BCUT2D eigenvalue weighted by Crippen LogP contribution is 2.33. The molecule has 7 heteroatoms. The van der Waals surface area contributed by atoms with Gasteiger partial charge >= 0.3 is 0 Å². The molecule has 1 aliphatic rings. The molecule has 23 heavy (non-hydrogen) atoms. The Labute approximate surface area is 138 Å². The molecule has 2 N–H and O–H groups in total. The zero-order chi connectivity index (χ0) is 15.5. The number of nitrogens with zero attached hydrogens (tertiary/aromatic N) is 3. The summed E-state index contributed by atoms with van der Waals surface area (Å²) >= 11 is 1.52. The molecule has 0 aliphatic carbocycles. The minimum absolute atomic E-state index is 0.776. The molecule has 0 radical (unpaired) electrons. The summed E-state index contributed by atoms with van der Waals surface area (Å²) in [6.45, 7) is 3.39. The third kappa shape index (κ3) is 2.97. The summed E-state index contributed by atoms with van der Waals surface area (Å²) in [6, 6.07) is 8.36. The maximum Gasteiger partial charge on any atom is 0.0962 e. The highest BCUT2D eigenvalue weighted by atomic mass is 32.2. The Morgan fingerprint density at radius 3 is 2.96 bits per heavy atom. The van der Waals surface area contributed by atoms with E-state index in [-0.39, 0.29) is 0 Å². The van der Waals surface area contributed by atoms with Crippen molar-refractivity contribution in [2.75, 3.05) is 35.9 Å². The average molecular weight is 327 g/mol. The molecule has 1 aliphatic heterocycles. The quantitative estimate of drug-likeness (QED) is 0.718. The smallest absolute Gasteiger partial charge is 0.0962 e. The van der Waals surface area contributed by atoms with Gasteiger partial charge in [0, 0.05) is 36.6 Å². The molecule has 0 unspecified atom stereocenters. The Morgan fingerprint density at radius 2 is 2.13 bits per heavy atom. The van der Waals surface area contributed by atoms with Gasteiger partial charge in [-0.15, -0.1) is 0 Å². The number of fused-ring (bicyclic) bond motifs is 1. The normalized spacial score (nSPS) is 15.0. The summed E-state index contributed by atoms with van der Waals surface area (Å²) in [5, 5.41) is 7.92. The number of H-pyrrole nitrogens is 1. The minimum atomic E-state index is 0.776. The van der Waals surface area contributed by atoms with E-state index in [1.54, 1.807) is 6.20 Å². The largest absolute Gasteiger partial charge is 0.378 e. The van der Waals surface area contributed by atoms with Crippen molar-refractivity contribution in [2.24, 2.45) is 0 Å². The Hall–Kier alpha value is -2.25. The van der Waals surface area contributed by atoms with Crippen molar-refractivity contribution in [3.8, 4) is 0 Å². The fourth-order valence-corrected chi connectivity index (χ4v) is 3.34. The highest BCUT2D eigenvalue weighted by Gasteiger charge is 2.15. The highest BCUT2D eigenvalue weighted by molar-refractivity contribution is 8.00. The molecule has 2 aromatic heterocycles. The van der Waals surface area contributed by atoms with E-state index in [4.69, 9.17) is 4.74 Å². The van der Waals surface area contributed by atoms with Gasteiger partial charge in [-0.2, -0.15) is 5.10 Å². The number of aromatic amines is 1. The van der Waals surface area contributed by atoms with E-state index in [0.29, 0.717) is 0 Å². The number of aromatic nitrogens is 3. The van der Waals surface area contributed by atoms with Crippen LogP contribution in [0.2, 0.25) is 0 Å². The fourth-order valence-electron chi connectivity index (χ4n) is 2.73. The number of hydrogen-bond donors (Lipinski definition) is 2. The standard InChI is InChI=1S/C16H17N5OS/c1-2-13-15(21-6-8-22-9-7-21)4-3-14(16(13)17-5-1)20-23-12-10-18-19-11-12/h1-5,10-11,20H,6-9H2,(H,18,19). The first-order valence-electron chi connectivity index (χ1n) is 7.54. The van der Waals surface area contributed by atoms with E-state index in [2.05, 4.69) is 43.0 Å². The zero-order valence-corrected chi connectivity index (χ0v) is 13.3. The van der Waals surface area contributed by atoms with E-state index >= 15 is 0 Å². The maximum atomic E-state index is 5.46. The number of morpholine rings is 1. The summed E-state index contributed by atoms with van der Waals surface area (Å²) < 4.78 is 8.83. The number of hydrogen-bond acceptors (Lipinski definition) is 6. The second kappa shape index (κ2) is 6.47. The van der Waals surface area contributed by atoms with Crippen LogP contribution in [0.5, 0.6) is 0 Å². The van der Waals surface area contributed by atoms with Crippen LogP contribution in [0.4, 0.5) is 11.4 Å². The average Bonchev–Trinajstić information content (AvgIpc) is 3.14. The number of ether oxygens (including phenoxy) is 1. The van der Waals surface area contributed by atoms with Crippen LogP contribution in [-0.2, 0) is 4.74 Å². The van der Waals surface area contributed by atoms with Crippen molar-refractivity contribution in [3.63, 3.8) is 0 Å². The lowest BCUT2D eigenvalue weighted by Crippen LogP contribution is -2.36. The number of rotatable bonds is 4. The number of anilines is 2. The van der Waals surface area contributed by atoms with Crippen molar-refractivity contribution in [3.05, 3.63) is 42.9 Å². The second-order valence-electron chi connectivity index (χ2n) is 5.27. The van der Waals surface area contributed by atoms with Gasteiger partial charge in [0.25, 0.3) is 0 Å². The predicted molar refractivity (Wildman–Crippen MR) is 92.8 cm³/mol. The van der Waals surface area contributed by atoms with Crippen molar-refractivity contribution in [1.29, 1.82) is 0 Å². The third-order valence-electron chi connectivity index (χ3n) is 3.85. The molecule has 4 rings (SSSR count). The molecule has 6 nitrogen and oxygen atoms in total. The van der Waals surface area contributed by atoms with Crippen LogP contribution in [0.1, 0.15) is 0 Å².